The second-order valence-corrected chi connectivity index (χ2v) is 8.91. The number of aromatic nitrogens is 1. The van der Waals surface area contributed by atoms with Gasteiger partial charge in [0.2, 0.25) is 0 Å². The Hall–Kier alpha value is -2.12. The highest BCUT2D eigenvalue weighted by Gasteiger charge is 2.33. The zero-order valence-electron chi connectivity index (χ0n) is 13.3. The zero-order valence-corrected chi connectivity index (χ0v) is 14.9. The number of hydrogen-bond donors (Lipinski definition) is 0. The lowest BCUT2D eigenvalue weighted by Crippen LogP contribution is -2.29. The second-order valence-electron chi connectivity index (χ2n) is 5.82. The normalized spacial score (nSPS) is 14.2. The van der Waals surface area contributed by atoms with Gasteiger partial charge in [0.1, 0.15) is 4.90 Å². The van der Waals surface area contributed by atoms with E-state index in [2.05, 4.69) is 5.16 Å². The fourth-order valence-electron chi connectivity index (χ4n) is 3.00. The van der Waals surface area contributed by atoms with Crippen molar-refractivity contribution in [1.29, 1.82) is 0 Å². The summed E-state index contributed by atoms with van der Waals surface area (Å²) in [6, 6.07) is 11.2. The van der Waals surface area contributed by atoms with E-state index in [9.17, 15) is 8.42 Å². The van der Waals surface area contributed by atoms with Crippen molar-refractivity contribution in [3.05, 3.63) is 52.5 Å². The molecule has 0 aliphatic carbocycles. The lowest BCUT2D eigenvalue weighted by Gasteiger charge is -2.19. The van der Waals surface area contributed by atoms with Crippen molar-refractivity contribution in [2.45, 2.75) is 25.2 Å². The van der Waals surface area contributed by atoms with Gasteiger partial charge in [0.15, 0.2) is 5.76 Å². The molecule has 24 heavy (non-hydrogen) atoms. The third-order valence-corrected chi connectivity index (χ3v) is 7.29. The van der Waals surface area contributed by atoms with Crippen molar-refractivity contribution >= 4 is 27.0 Å². The summed E-state index contributed by atoms with van der Waals surface area (Å²) in [6.07, 6.45) is 0.743. The molecule has 1 aromatic carbocycles. The molecule has 0 unspecified atom stereocenters. The Kier molecular flexibility index (Phi) is 3.51. The molecule has 0 fully saturated rings. The van der Waals surface area contributed by atoms with Crippen LogP contribution in [-0.4, -0.2) is 20.1 Å². The highest BCUT2D eigenvalue weighted by atomic mass is 32.2. The number of nitrogens with zero attached hydrogens (tertiary/aromatic N) is 2. The Morgan fingerprint density at radius 3 is 2.75 bits per heavy atom. The first-order valence-electron chi connectivity index (χ1n) is 7.61. The van der Waals surface area contributed by atoms with Crippen LogP contribution in [0.5, 0.6) is 0 Å². The van der Waals surface area contributed by atoms with Gasteiger partial charge in [-0.05, 0) is 38.0 Å². The van der Waals surface area contributed by atoms with Gasteiger partial charge in [0.05, 0.1) is 16.3 Å². The Morgan fingerprint density at radius 2 is 2.00 bits per heavy atom. The number of thiophene rings is 1. The Bertz CT molecular complexity index is 1020. The lowest BCUT2D eigenvalue weighted by atomic mass is 10.2. The van der Waals surface area contributed by atoms with E-state index in [0.29, 0.717) is 17.2 Å². The molecule has 1 aliphatic heterocycles. The van der Waals surface area contributed by atoms with Gasteiger partial charge in [-0.3, -0.25) is 4.31 Å². The van der Waals surface area contributed by atoms with E-state index in [0.717, 1.165) is 33.1 Å². The average molecular weight is 360 g/mol. The quantitative estimate of drug-likeness (QED) is 0.713. The topological polar surface area (TPSA) is 63.4 Å². The number of aryl methyl sites for hydroxylation is 2. The number of rotatable bonds is 3. The van der Waals surface area contributed by atoms with Crippen molar-refractivity contribution < 1.29 is 12.9 Å². The molecule has 1 aliphatic rings. The maximum absolute atomic E-state index is 13.2. The first-order valence-corrected chi connectivity index (χ1v) is 9.87. The van der Waals surface area contributed by atoms with E-state index in [1.54, 1.807) is 6.07 Å². The maximum atomic E-state index is 13.2. The summed E-state index contributed by atoms with van der Waals surface area (Å²) < 4.78 is 33.1. The predicted molar refractivity (Wildman–Crippen MR) is 94.0 cm³/mol. The summed E-state index contributed by atoms with van der Waals surface area (Å²) >= 11 is 1.41. The Balaban J connectivity index is 1.77. The van der Waals surface area contributed by atoms with Crippen molar-refractivity contribution in [2.24, 2.45) is 0 Å². The van der Waals surface area contributed by atoms with E-state index in [1.807, 2.05) is 44.2 Å². The molecule has 2 aromatic heterocycles. The molecule has 0 amide bonds. The SMILES string of the molecule is Cc1cc(-c2cc(S(=O)(=O)N3CCc4ccccc43)c(C)s2)on1. The first kappa shape index (κ1) is 15.4. The minimum Gasteiger partial charge on any atom is -0.355 e. The average Bonchev–Trinajstić information content (AvgIpc) is 3.24. The highest BCUT2D eigenvalue weighted by Crippen LogP contribution is 2.38. The molecule has 3 heterocycles. The predicted octanol–water partition coefficient (Wildman–Crippen LogP) is 3.77. The summed E-state index contributed by atoms with van der Waals surface area (Å²) in [4.78, 5) is 1.87. The van der Waals surface area contributed by atoms with E-state index in [-0.39, 0.29) is 0 Å². The molecule has 0 bridgehead atoms. The summed E-state index contributed by atoms with van der Waals surface area (Å²) in [5.74, 6) is 0.601. The number of fused-ring (bicyclic) bond motifs is 1. The minimum absolute atomic E-state index is 0.341. The van der Waals surface area contributed by atoms with Crippen LogP contribution in [0.15, 0.2) is 45.8 Å². The van der Waals surface area contributed by atoms with Crippen LogP contribution in [0.2, 0.25) is 0 Å². The Morgan fingerprint density at radius 1 is 1.21 bits per heavy atom. The number of para-hydroxylation sites is 1. The second kappa shape index (κ2) is 5.46. The number of anilines is 1. The van der Waals surface area contributed by atoms with Gasteiger partial charge in [0, 0.05) is 17.5 Å². The van der Waals surface area contributed by atoms with Gasteiger partial charge in [0.25, 0.3) is 10.0 Å². The summed E-state index contributed by atoms with van der Waals surface area (Å²) in [5, 5.41) is 3.87. The van der Waals surface area contributed by atoms with Gasteiger partial charge >= 0.3 is 0 Å². The molecule has 0 N–H and O–H groups in total. The van der Waals surface area contributed by atoms with Crippen LogP contribution < -0.4 is 4.31 Å². The molecule has 124 valence electrons. The van der Waals surface area contributed by atoms with E-state index >= 15 is 0 Å². The molecule has 3 aromatic rings. The van der Waals surface area contributed by atoms with Crippen LogP contribution in [0.4, 0.5) is 5.69 Å². The van der Waals surface area contributed by atoms with Gasteiger partial charge in [-0.2, -0.15) is 0 Å². The van der Waals surface area contributed by atoms with Crippen LogP contribution in [0.1, 0.15) is 16.1 Å². The molecular formula is C17H16N2O3S2. The molecule has 7 heteroatoms. The summed E-state index contributed by atoms with van der Waals surface area (Å²) in [7, 11) is -3.58. The monoisotopic (exact) mass is 360 g/mol. The number of hydrogen-bond acceptors (Lipinski definition) is 5. The van der Waals surface area contributed by atoms with Crippen LogP contribution >= 0.6 is 11.3 Å². The van der Waals surface area contributed by atoms with Crippen LogP contribution in [0.25, 0.3) is 10.6 Å². The fraction of sp³-hybridized carbons (Fsp3) is 0.235. The fourth-order valence-corrected chi connectivity index (χ4v) is 6.01. The highest BCUT2D eigenvalue weighted by molar-refractivity contribution is 7.93. The van der Waals surface area contributed by atoms with E-state index in [4.69, 9.17) is 4.52 Å². The van der Waals surface area contributed by atoms with Crippen molar-refractivity contribution in [3.63, 3.8) is 0 Å². The van der Waals surface area contributed by atoms with Crippen LogP contribution in [-0.2, 0) is 16.4 Å². The third-order valence-electron chi connectivity index (χ3n) is 4.16. The summed E-state index contributed by atoms with van der Waals surface area (Å²) in [5.41, 5.74) is 2.62. The standard InChI is InChI=1S/C17H16N2O3S2/c1-11-9-15(22-18-11)16-10-17(12(2)23-16)24(20,21)19-8-7-13-5-3-4-6-14(13)19/h3-6,9-10H,7-8H2,1-2H3. The molecule has 4 rings (SSSR count). The van der Waals surface area contributed by atoms with Crippen LogP contribution in [0.3, 0.4) is 0 Å². The lowest BCUT2D eigenvalue weighted by molar-refractivity contribution is 0.428. The maximum Gasteiger partial charge on any atom is 0.265 e. The molecule has 0 radical (unpaired) electrons. The largest absolute Gasteiger partial charge is 0.355 e. The molecule has 0 spiro atoms. The van der Waals surface area contributed by atoms with Crippen LogP contribution in [0, 0.1) is 13.8 Å². The number of sulfonamides is 1. The molecule has 5 nitrogen and oxygen atoms in total. The smallest absolute Gasteiger partial charge is 0.265 e. The summed E-state index contributed by atoms with van der Waals surface area (Å²) in [6.45, 7) is 4.15. The zero-order chi connectivity index (χ0) is 16.9. The molecule has 0 saturated carbocycles. The molecule has 0 atom stereocenters. The third kappa shape index (κ3) is 2.35. The van der Waals surface area contributed by atoms with Gasteiger partial charge in [-0.25, -0.2) is 8.42 Å². The van der Waals surface area contributed by atoms with Crippen molar-refractivity contribution in [2.75, 3.05) is 10.8 Å². The van der Waals surface area contributed by atoms with Gasteiger partial charge < -0.3 is 4.52 Å². The number of benzene rings is 1. The van der Waals surface area contributed by atoms with E-state index < -0.39 is 10.0 Å². The van der Waals surface area contributed by atoms with Crippen molar-refractivity contribution in [3.8, 4) is 10.6 Å². The minimum atomic E-state index is -3.58. The van der Waals surface area contributed by atoms with Crippen molar-refractivity contribution in [1.82, 2.24) is 5.16 Å². The molecule has 0 saturated heterocycles. The van der Waals surface area contributed by atoms with Gasteiger partial charge in [-0.1, -0.05) is 23.4 Å². The van der Waals surface area contributed by atoms with Gasteiger partial charge in [-0.15, -0.1) is 11.3 Å². The first-order chi connectivity index (χ1) is 11.5. The van der Waals surface area contributed by atoms with E-state index in [1.165, 1.54) is 15.6 Å². The Labute approximate surface area is 144 Å². The molecular weight excluding hydrogens is 344 g/mol.